The number of esters is 4. The third kappa shape index (κ3) is 12.0. The van der Waals surface area contributed by atoms with Crippen LogP contribution in [0.15, 0.2) is 127 Å². The summed E-state index contributed by atoms with van der Waals surface area (Å²) < 4.78 is 35.7. The molecule has 68 heavy (non-hydrogen) atoms. The number of amides is 2. The fourth-order valence-corrected chi connectivity index (χ4v) is 8.10. The molecule has 2 heterocycles. The van der Waals surface area contributed by atoms with Crippen molar-refractivity contribution in [1.82, 2.24) is 10.6 Å². The fourth-order valence-electron chi connectivity index (χ4n) is 8.10. The summed E-state index contributed by atoms with van der Waals surface area (Å²) in [5.74, 6) is -4.88. The summed E-state index contributed by atoms with van der Waals surface area (Å²) in [4.78, 5) is 78.5. The van der Waals surface area contributed by atoms with Crippen LogP contribution in [-0.2, 0) is 59.9 Å². The van der Waals surface area contributed by atoms with Crippen molar-refractivity contribution in [3.05, 3.63) is 160 Å². The maximum absolute atomic E-state index is 14.1. The number of nitrogens with one attached hydrogen (secondary N) is 2. The zero-order valence-corrected chi connectivity index (χ0v) is 38.6. The summed E-state index contributed by atoms with van der Waals surface area (Å²) in [5, 5.41) is 15.6. The van der Waals surface area contributed by atoms with Gasteiger partial charge in [0.2, 0.25) is 17.8 Å². The van der Waals surface area contributed by atoms with Gasteiger partial charge in [0, 0.05) is 53.1 Å². The number of hydrogen-bond donors (Lipinski definition) is 3. The summed E-state index contributed by atoms with van der Waals surface area (Å²) in [7, 11) is 0. The van der Waals surface area contributed by atoms with Crippen molar-refractivity contribution in [1.29, 1.82) is 0 Å². The molecule has 0 spiro atoms. The van der Waals surface area contributed by atoms with E-state index in [1.54, 1.807) is 83.2 Å². The zero-order chi connectivity index (χ0) is 48.6. The van der Waals surface area contributed by atoms with Crippen LogP contribution in [0, 0.1) is 5.41 Å². The van der Waals surface area contributed by atoms with E-state index in [2.05, 4.69) is 10.6 Å². The molecule has 356 valence electrons. The van der Waals surface area contributed by atoms with E-state index in [9.17, 15) is 33.9 Å². The molecule has 7 rings (SSSR count). The molecule has 0 radical (unpaired) electrons. The second kappa shape index (κ2) is 20.9. The van der Waals surface area contributed by atoms with Crippen LogP contribution in [0.25, 0.3) is 6.08 Å². The smallest absolute Gasteiger partial charge is 0.348 e. The lowest BCUT2D eigenvalue weighted by atomic mass is 9.90. The van der Waals surface area contributed by atoms with Crippen LogP contribution in [0.4, 0.5) is 0 Å². The Bertz CT molecular complexity index is 2530. The van der Waals surface area contributed by atoms with E-state index < -0.39 is 83.0 Å². The van der Waals surface area contributed by atoms with Crippen LogP contribution in [-0.4, -0.2) is 90.1 Å². The van der Waals surface area contributed by atoms with Gasteiger partial charge in [-0.2, -0.15) is 0 Å². The van der Waals surface area contributed by atoms with Gasteiger partial charge in [-0.1, -0.05) is 98.8 Å². The lowest BCUT2D eigenvalue weighted by Gasteiger charge is -2.31. The molecular weight excluding hydrogens is 873 g/mol. The Kier molecular flexibility index (Phi) is 15.1. The highest BCUT2D eigenvalue weighted by atomic mass is 16.8. The molecule has 15 heteroatoms. The van der Waals surface area contributed by atoms with E-state index in [1.165, 1.54) is 18.2 Å². The quantitative estimate of drug-likeness (QED) is 0.0646. The highest BCUT2D eigenvalue weighted by Gasteiger charge is 2.55. The van der Waals surface area contributed by atoms with E-state index in [-0.39, 0.29) is 55.7 Å². The van der Waals surface area contributed by atoms with E-state index in [4.69, 9.17) is 28.4 Å². The Morgan fingerprint density at radius 2 is 1.51 bits per heavy atom. The molecule has 2 saturated heterocycles. The van der Waals surface area contributed by atoms with E-state index in [0.29, 0.717) is 22.3 Å². The number of ether oxygens (including phenoxy) is 6. The number of hydrogen-bond acceptors (Lipinski definition) is 13. The van der Waals surface area contributed by atoms with Gasteiger partial charge >= 0.3 is 23.9 Å². The van der Waals surface area contributed by atoms with Gasteiger partial charge in [0.15, 0.2) is 0 Å². The Labute approximate surface area is 394 Å². The standard InChI is InChI=1S/C53H56N2O13/c1-51(2,3)67-44(58)25-23-40(31-56)55-48(60)35-16-13-15-34(27-35)30-54-47(59)37-28-41(45-42(29-37)66-53(68-45,38-18-8-6-9-19-38)39-20-10-7-11-21-39)64-49(61)36-17-12-14-33(26-36)22-24-43(57)65-46-50(62)63-32-52(46,4)5/h6-22,24,26-27,29,40-42,45-46,56H,23,25,28,30-32H2,1-5H3,(H,54,59)(H,55,60)/t40-,41+,42+,45-,46-/m0/s1. The fraction of sp³-hybridized carbons (Fsp3) is 0.358. The Hall–Kier alpha value is -6.94. The van der Waals surface area contributed by atoms with Crippen LogP contribution < -0.4 is 10.6 Å². The van der Waals surface area contributed by atoms with Gasteiger partial charge in [-0.05, 0) is 74.7 Å². The van der Waals surface area contributed by atoms with Gasteiger partial charge < -0.3 is 44.2 Å². The maximum atomic E-state index is 14.1. The van der Waals surface area contributed by atoms with Crippen LogP contribution in [0.3, 0.4) is 0 Å². The van der Waals surface area contributed by atoms with E-state index in [1.807, 2.05) is 60.7 Å². The first kappa shape index (κ1) is 49.0. The lowest BCUT2D eigenvalue weighted by Crippen LogP contribution is -2.43. The number of rotatable bonds is 16. The summed E-state index contributed by atoms with van der Waals surface area (Å²) in [6.45, 7) is 8.59. The molecule has 15 nitrogen and oxygen atoms in total. The number of carbonyl (C=O) groups is 6. The van der Waals surface area contributed by atoms with E-state index in [0.717, 1.165) is 0 Å². The number of aliphatic hydroxyl groups excluding tert-OH is 1. The van der Waals surface area contributed by atoms with Crippen molar-refractivity contribution in [2.45, 2.75) is 102 Å². The number of benzene rings is 4. The first-order valence-corrected chi connectivity index (χ1v) is 22.5. The molecular formula is C53H56N2O13. The predicted octanol–water partition coefficient (Wildman–Crippen LogP) is 6.26. The number of fused-ring (bicyclic) bond motifs is 1. The number of cyclic esters (lactones) is 1. The largest absolute Gasteiger partial charge is 0.462 e. The molecule has 0 aromatic heterocycles. The van der Waals surface area contributed by atoms with E-state index >= 15 is 0 Å². The molecule has 5 atom stereocenters. The van der Waals surface area contributed by atoms with Gasteiger partial charge in [-0.15, -0.1) is 0 Å². The summed E-state index contributed by atoms with van der Waals surface area (Å²) in [6.07, 6.45) is 0.675. The SMILES string of the molecule is CC(C)(C)OC(=O)CC[C@@H](CO)NC(=O)c1cccc(CNC(=O)C2=C[C@H]3OC(c4ccccc4)(c4ccccc4)O[C@H]3[C@H](OC(=O)c3cccc(C=CC(=O)O[C@H]4C(=O)OCC4(C)C)c3)C2)c1. The summed E-state index contributed by atoms with van der Waals surface area (Å²) in [6, 6.07) is 31.1. The van der Waals surface area contributed by atoms with Crippen LogP contribution in [0.1, 0.15) is 96.9 Å². The van der Waals surface area contributed by atoms with Gasteiger partial charge in [0.25, 0.3) is 5.91 Å². The molecule has 3 aliphatic rings. The molecule has 2 fully saturated rings. The van der Waals surface area contributed by atoms with Crippen molar-refractivity contribution in [3.63, 3.8) is 0 Å². The molecule has 1 aliphatic carbocycles. The molecule has 0 saturated carbocycles. The zero-order valence-electron chi connectivity index (χ0n) is 38.6. The Morgan fingerprint density at radius 1 is 0.838 bits per heavy atom. The van der Waals surface area contributed by atoms with Crippen LogP contribution in [0.5, 0.6) is 0 Å². The molecule has 2 aliphatic heterocycles. The second-order valence-electron chi connectivity index (χ2n) is 18.6. The monoisotopic (exact) mass is 928 g/mol. The molecule has 3 N–H and O–H groups in total. The molecule has 4 aromatic rings. The van der Waals surface area contributed by atoms with Gasteiger partial charge in [-0.25, -0.2) is 14.4 Å². The Balaban J connectivity index is 1.07. The highest BCUT2D eigenvalue weighted by molar-refractivity contribution is 5.96. The van der Waals surface area contributed by atoms with Gasteiger partial charge in [0.1, 0.15) is 30.5 Å². The first-order valence-electron chi connectivity index (χ1n) is 22.5. The molecule has 0 unspecified atom stereocenters. The molecule has 2 amide bonds. The van der Waals surface area contributed by atoms with Crippen molar-refractivity contribution in [3.8, 4) is 0 Å². The van der Waals surface area contributed by atoms with Gasteiger partial charge in [-0.3, -0.25) is 14.4 Å². The third-order valence-electron chi connectivity index (χ3n) is 11.5. The minimum Gasteiger partial charge on any atom is -0.462 e. The first-order chi connectivity index (χ1) is 32.4. The van der Waals surface area contributed by atoms with Crippen molar-refractivity contribution in [2.24, 2.45) is 5.41 Å². The Morgan fingerprint density at radius 3 is 2.16 bits per heavy atom. The average Bonchev–Trinajstić information content (AvgIpc) is 3.85. The third-order valence-corrected chi connectivity index (χ3v) is 11.5. The molecule has 4 aromatic carbocycles. The summed E-state index contributed by atoms with van der Waals surface area (Å²) in [5.41, 5.74) is 1.85. The minimum absolute atomic E-state index is 0.00885. The highest BCUT2D eigenvalue weighted by Crippen LogP contribution is 2.47. The minimum atomic E-state index is -1.43. The number of aliphatic hydroxyl groups is 1. The second-order valence-corrected chi connectivity index (χ2v) is 18.6. The van der Waals surface area contributed by atoms with Crippen molar-refractivity contribution >= 4 is 41.8 Å². The van der Waals surface area contributed by atoms with Crippen LogP contribution in [0.2, 0.25) is 0 Å². The van der Waals surface area contributed by atoms with Crippen molar-refractivity contribution in [2.75, 3.05) is 13.2 Å². The normalized spacial score (nSPS) is 20.9. The number of carbonyl (C=O) groups excluding carboxylic acids is 6. The average molecular weight is 929 g/mol. The van der Waals surface area contributed by atoms with Gasteiger partial charge in [0.05, 0.1) is 18.2 Å². The van der Waals surface area contributed by atoms with Crippen molar-refractivity contribution < 1.29 is 62.3 Å². The van der Waals surface area contributed by atoms with Crippen LogP contribution >= 0.6 is 0 Å². The molecule has 0 bridgehead atoms. The summed E-state index contributed by atoms with van der Waals surface area (Å²) >= 11 is 0. The maximum Gasteiger partial charge on any atom is 0.348 e. The predicted molar refractivity (Wildman–Crippen MR) is 247 cm³/mol. The topological polar surface area (TPSA) is 202 Å². The lowest BCUT2D eigenvalue weighted by molar-refractivity contribution is -0.159.